The lowest BCUT2D eigenvalue weighted by atomic mass is 10.0. The third kappa shape index (κ3) is 3.86. The lowest BCUT2D eigenvalue weighted by Gasteiger charge is -2.34. The molecule has 1 aromatic rings. The van der Waals surface area contributed by atoms with E-state index in [0.717, 1.165) is 10.4 Å². The van der Waals surface area contributed by atoms with Crippen LogP contribution in [-0.2, 0) is 21.0 Å². The Hall–Kier alpha value is -1.68. The van der Waals surface area contributed by atoms with Gasteiger partial charge in [0, 0.05) is 19.3 Å². The van der Waals surface area contributed by atoms with Gasteiger partial charge in [-0.1, -0.05) is 13.8 Å². The van der Waals surface area contributed by atoms with Crippen molar-refractivity contribution in [3.63, 3.8) is 0 Å². The topological polar surface area (TPSA) is 79.4 Å². The molecular formula is C14H18F3N3O3S. The zero-order valence-corrected chi connectivity index (χ0v) is 14.0. The molecule has 2 heterocycles. The summed E-state index contributed by atoms with van der Waals surface area (Å²) in [7, 11) is -4.11. The van der Waals surface area contributed by atoms with E-state index in [1.54, 1.807) is 0 Å². The molecule has 1 saturated heterocycles. The Balaban J connectivity index is 2.35. The van der Waals surface area contributed by atoms with E-state index in [4.69, 9.17) is 0 Å². The van der Waals surface area contributed by atoms with Gasteiger partial charge in [0.2, 0.25) is 15.9 Å². The van der Waals surface area contributed by atoms with Crippen LogP contribution in [0.1, 0.15) is 26.0 Å². The average Bonchev–Trinajstić information content (AvgIpc) is 2.48. The van der Waals surface area contributed by atoms with Crippen molar-refractivity contribution in [3.8, 4) is 0 Å². The number of nitrogens with one attached hydrogen (secondary N) is 1. The molecule has 0 aliphatic carbocycles. The molecule has 0 radical (unpaired) electrons. The van der Waals surface area contributed by atoms with Crippen molar-refractivity contribution in [3.05, 3.63) is 24.0 Å². The maximum atomic E-state index is 12.7. The van der Waals surface area contributed by atoms with Crippen molar-refractivity contribution in [1.29, 1.82) is 0 Å². The average molecular weight is 365 g/mol. The van der Waals surface area contributed by atoms with Crippen LogP contribution in [-0.4, -0.2) is 42.7 Å². The third-order valence-electron chi connectivity index (χ3n) is 3.61. The number of piperazine rings is 1. The van der Waals surface area contributed by atoms with Crippen molar-refractivity contribution >= 4 is 15.9 Å². The van der Waals surface area contributed by atoms with Gasteiger partial charge in [-0.05, 0) is 24.5 Å². The van der Waals surface area contributed by atoms with E-state index in [2.05, 4.69) is 10.3 Å². The molecule has 2 rings (SSSR count). The minimum atomic E-state index is -4.65. The van der Waals surface area contributed by atoms with Gasteiger partial charge in [0.1, 0.15) is 16.6 Å². The summed E-state index contributed by atoms with van der Waals surface area (Å²) in [5, 5.41) is 2.61. The predicted octanol–water partition coefficient (Wildman–Crippen LogP) is 1.64. The summed E-state index contributed by atoms with van der Waals surface area (Å²) in [6, 6.07) is 0.601. The van der Waals surface area contributed by atoms with Crippen molar-refractivity contribution in [2.75, 3.05) is 13.1 Å². The number of halogens is 3. The van der Waals surface area contributed by atoms with E-state index < -0.39 is 33.8 Å². The molecule has 1 atom stereocenters. The van der Waals surface area contributed by atoms with Gasteiger partial charge in [0.25, 0.3) is 0 Å². The molecule has 0 unspecified atom stereocenters. The molecule has 0 aromatic carbocycles. The summed E-state index contributed by atoms with van der Waals surface area (Å²) >= 11 is 0. The van der Waals surface area contributed by atoms with Gasteiger partial charge in [0.05, 0.1) is 0 Å². The van der Waals surface area contributed by atoms with Gasteiger partial charge in [-0.2, -0.15) is 17.5 Å². The van der Waals surface area contributed by atoms with Gasteiger partial charge in [0.15, 0.2) is 0 Å². The number of amides is 1. The second kappa shape index (κ2) is 6.67. The Labute approximate surface area is 138 Å². The fourth-order valence-electron chi connectivity index (χ4n) is 2.49. The zero-order valence-electron chi connectivity index (χ0n) is 13.2. The minimum Gasteiger partial charge on any atom is -0.353 e. The molecule has 0 bridgehead atoms. The second-order valence-corrected chi connectivity index (χ2v) is 7.82. The summed E-state index contributed by atoms with van der Waals surface area (Å²) < 4.78 is 64.1. The molecule has 6 nitrogen and oxygen atoms in total. The van der Waals surface area contributed by atoms with Crippen molar-refractivity contribution in [1.82, 2.24) is 14.6 Å². The number of alkyl halides is 3. The maximum absolute atomic E-state index is 12.7. The van der Waals surface area contributed by atoms with Gasteiger partial charge < -0.3 is 5.32 Å². The Morgan fingerprint density at radius 1 is 1.38 bits per heavy atom. The maximum Gasteiger partial charge on any atom is 0.433 e. The number of rotatable bonds is 4. The van der Waals surface area contributed by atoms with E-state index in [0.29, 0.717) is 18.7 Å². The SMILES string of the molecule is CC(C)C[C@H]1C(=O)NCCN1S(=O)(=O)c1ccc(C(F)(F)F)nc1. The summed E-state index contributed by atoms with van der Waals surface area (Å²) in [6.07, 6.45) is -3.65. The molecule has 134 valence electrons. The van der Waals surface area contributed by atoms with Crippen LogP contribution >= 0.6 is 0 Å². The summed E-state index contributed by atoms with van der Waals surface area (Å²) in [5.74, 6) is -0.333. The molecule has 1 aromatic heterocycles. The molecule has 0 saturated carbocycles. The number of aromatic nitrogens is 1. The molecule has 1 aliphatic rings. The highest BCUT2D eigenvalue weighted by Crippen LogP contribution is 2.29. The quantitative estimate of drug-likeness (QED) is 0.880. The van der Waals surface area contributed by atoms with E-state index in [1.165, 1.54) is 0 Å². The van der Waals surface area contributed by atoms with Gasteiger partial charge in [-0.3, -0.25) is 9.78 Å². The summed E-state index contributed by atoms with van der Waals surface area (Å²) in [6.45, 7) is 3.92. The first-order valence-electron chi connectivity index (χ1n) is 7.36. The highest BCUT2D eigenvalue weighted by molar-refractivity contribution is 7.89. The zero-order chi connectivity index (χ0) is 18.1. The number of hydrogen-bond acceptors (Lipinski definition) is 4. The minimum absolute atomic E-state index is 0.0620. The van der Waals surface area contributed by atoms with Crippen LogP contribution in [0.25, 0.3) is 0 Å². The second-order valence-electron chi connectivity index (χ2n) is 5.93. The monoisotopic (exact) mass is 365 g/mol. The van der Waals surface area contributed by atoms with E-state index in [1.807, 2.05) is 13.8 Å². The molecule has 1 aliphatic heterocycles. The lowest BCUT2D eigenvalue weighted by Crippen LogP contribution is -2.57. The predicted molar refractivity (Wildman–Crippen MR) is 79.4 cm³/mol. The van der Waals surface area contributed by atoms with Gasteiger partial charge in [-0.15, -0.1) is 0 Å². The first-order valence-corrected chi connectivity index (χ1v) is 8.80. The first-order chi connectivity index (χ1) is 11.0. The molecule has 0 spiro atoms. The van der Waals surface area contributed by atoms with Crippen LogP contribution in [0, 0.1) is 5.92 Å². The largest absolute Gasteiger partial charge is 0.433 e. The van der Waals surface area contributed by atoms with Crippen LogP contribution in [0.4, 0.5) is 13.2 Å². The third-order valence-corrected chi connectivity index (χ3v) is 5.50. The number of carbonyl (C=O) groups excluding carboxylic acids is 1. The number of pyridine rings is 1. The Bertz CT molecular complexity index is 702. The number of hydrogen-bond donors (Lipinski definition) is 1. The highest BCUT2D eigenvalue weighted by atomic mass is 32.2. The smallest absolute Gasteiger partial charge is 0.353 e. The standard InChI is InChI=1S/C14H18F3N3O3S/c1-9(2)7-11-13(21)18-5-6-20(11)24(22,23)10-3-4-12(19-8-10)14(15,16)17/h3-4,8-9,11H,5-7H2,1-2H3,(H,18,21)/t11-/m0/s1. The van der Waals surface area contributed by atoms with Crippen molar-refractivity contribution in [2.24, 2.45) is 5.92 Å². The van der Waals surface area contributed by atoms with E-state index >= 15 is 0 Å². The Kier molecular flexibility index (Phi) is 5.19. The van der Waals surface area contributed by atoms with Crippen molar-refractivity contribution < 1.29 is 26.4 Å². The van der Waals surface area contributed by atoms with Crippen LogP contribution in [0.3, 0.4) is 0 Å². The Morgan fingerprint density at radius 3 is 2.54 bits per heavy atom. The van der Waals surface area contributed by atoms with E-state index in [9.17, 15) is 26.4 Å². The highest BCUT2D eigenvalue weighted by Gasteiger charge is 2.39. The van der Waals surface area contributed by atoms with Gasteiger partial charge in [-0.25, -0.2) is 8.42 Å². The van der Waals surface area contributed by atoms with Crippen LogP contribution in [0.15, 0.2) is 23.2 Å². The number of sulfonamides is 1. The Morgan fingerprint density at radius 2 is 2.04 bits per heavy atom. The normalized spacial score (nSPS) is 20.2. The molecule has 24 heavy (non-hydrogen) atoms. The number of nitrogens with zero attached hydrogens (tertiary/aromatic N) is 2. The number of carbonyl (C=O) groups is 1. The van der Waals surface area contributed by atoms with Crippen molar-refractivity contribution in [2.45, 2.75) is 37.4 Å². The summed E-state index contributed by atoms with van der Waals surface area (Å²) in [4.78, 5) is 14.8. The van der Waals surface area contributed by atoms with Crippen LogP contribution in [0.5, 0.6) is 0 Å². The molecular weight excluding hydrogens is 347 g/mol. The van der Waals surface area contributed by atoms with E-state index in [-0.39, 0.29) is 23.9 Å². The first kappa shape index (κ1) is 18.7. The summed E-state index contributed by atoms with van der Waals surface area (Å²) in [5.41, 5.74) is -1.17. The fourth-order valence-corrected chi connectivity index (χ4v) is 4.03. The molecule has 1 N–H and O–H groups in total. The van der Waals surface area contributed by atoms with Gasteiger partial charge >= 0.3 is 6.18 Å². The fraction of sp³-hybridized carbons (Fsp3) is 0.571. The molecule has 10 heteroatoms. The lowest BCUT2D eigenvalue weighted by molar-refractivity contribution is -0.141. The molecule has 1 fully saturated rings. The van der Waals surface area contributed by atoms with Crippen LogP contribution in [0.2, 0.25) is 0 Å². The van der Waals surface area contributed by atoms with Crippen LogP contribution < -0.4 is 5.32 Å². The molecule has 1 amide bonds.